The van der Waals surface area contributed by atoms with Gasteiger partial charge in [0.2, 0.25) is 0 Å². The van der Waals surface area contributed by atoms with Gasteiger partial charge in [0.25, 0.3) is 0 Å². The molecule has 0 fully saturated rings. The molecule has 0 aliphatic rings. The standard InChI is InChI=1S/C18H32NO/c1-4-5-6-7-8-12-15-20-17-19(2,3)16-18-13-10-9-11-14-18/h9-11,13-14H,4-8,12,15-17H2,1-3H3/q+1. The molecule has 1 aromatic carbocycles. The predicted octanol–water partition coefficient (Wildman–Crippen LogP) is 4.60. The summed E-state index contributed by atoms with van der Waals surface area (Å²) in [6.45, 7) is 4.99. The van der Waals surface area contributed by atoms with Gasteiger partial charge in [-0.3, -0.25) is 0 Å². The molecule has 2 heteroatoms. The number of nitrogens with zero attached hydrogens (tertiary/aromatic N) is 1. The Balaban J connectivity index is 2.08. The van der Waals surface area contributed by atoms with E-state index in [9.17, 15) is 0 Å². The number of benzene rings is 1. The molecule has 114 valence electrons. The molecule has 0 aliphatic carbocycles. The van der Waals surface area contributed by atoms with Crippen LogP contribution in [0.2, 0.25) is 0 Å². The Labute approximate surface area is 125 Å². The first kappa shape index (κ1) is 17.2. The van der Waals surface area contributed by atoms with E-state index in [0.29, 0.717) is 0 Å². The van der Waals surface area contributed by atoms with Gasteiger partial charge < -0.3 is 9.22 Å². The van der Waals surface area contributed by atoms with E-state index in [0.717, 1.165) is 24.4 Å². The van der Waals surface area contributed by atoms with Gasteiger partial charge in [-0.15, -0.1) is 0 Å². The minimum Gasteiger partial charge on any atom is -0.332 e. The highest BCUT2D eigenvalue weighted by Gasteiger charge is 2.15. The van der Waals surface area contributed by atoms with Crippen LogP contribution < -0.4 is 0 Å². The molecule has 1 aromatic rings. The molecule has 0 radical (unpaired) electrons. The zero-order valence-corrected chi connectivity index (χ0v) is 13.6. The molecule has 0 saturated heterocycles. The molecule has 1 rings (SSSR count). The summed E-state index contributed by atoms with van der Waals surface area (Å²) >= 11 is 0. The zero-order valence-electron chi connectivity index (χ0n) is 13.6. The summed E-state index contributed by atoms with van der Waals surface area (Å²) in [5.41, 5.74) is 1.38. The van der Waals surface area contributed by atoms with Crippen molar-refractivity contribution in [2.75, 3.05) is 27.4 Å². The van der Waals surface area contributed by atoms with Crippen molar-refractivity contribution >= 4 is 0 Å². The monoisotopic (exact) mass is 278 g/mol. The lowest BCUT2D eigenvalue weighted by Gasteiger charge is -2.29. The molecule has 0 atom stereocenters. The molecule has 0 bridgehead atoms. The first-order valence-corrected chi connectivity index (χ1v) is 8.08. The van der Waals surface area contributed by atoms with E-state index in [2.05, 4.69) is 51.4 Å². The molecule has 0 heterocycles. The van der Waals surface area contributed by atoms with Gasteiger partial charge in [-0.05, 0) is 6.42 Å². The minimum atomic E-state index is 0.795. The van der Waals surface area contributed by atoms with Crippen LogP contribution in [0.25, 0.3) is 0 Å². The number of unbranched alkanes of at least 4 members (excludes halogenated alkanes) is 5. The normalized spacial score (nSPS) is 11.8. The van der Waals surface area contributed by atoms with Gasteiger partial charge in [0.05, 0.1) is 20.7 Å². The van der Waals surface area contributed by atoms with Crippen molar-refractivity contribution in [1.29, 1.82) is 0 Å². The van der Waals surface area contributed by atoms with Crippen LogP contribution in [0.1, 0.15) is 51.0 Å². The highest BCUT2D eigenvalue weighted by atomic mass is 16.5. The molecule has 0 unspecified atom stereocenters. The van der Waals surface area contributed by atoms with Crippen LogP contribution in [-0.4, -0.2) is 31.9 Å². The molecule has 20 heavy (non-hydrogen) atoms. The van der Waals surface area contributed by atoms with Crippen LogP contribution in [-0.2, 0) is 11.3 Å². The second-order valence-corrected chi connectivity index (χ2v) is 6.38. The van der Waals surface area contributed by atoms with Crippen molar-refractivity contribution in [1.82, 2.24) is 0 Å². The Morgan fingerprint density at radius 3 is 2.25 bits per heavy atom. The molecule has 0 N–H and O–H groups in total. The maximum Gasteiger partial charge on any atom is 0.182 e. The Hall–Kier alpha value is -0.860. The van der Waals surface area contributed by atoms with Gasteiger partial charge in [0.1, 0.15) is 6.54 Å². The van der Waals surface area contributed by atoms with Gasteiger partial charge >= 0.3 is 0 Å². The third-order valence-corrected chi connectivity index (χ3v) is 3.54. The first-order valence-electron chi connectivity index (χ1n) is 8.08. The fourth-order valence-electron chi connectivity index (χ4n) is 2.42. The largest absolute Gasteiger partial charge is 0.332 e. The summed E-state index contributed by atoms with van der Waals surface area (Å²) in [7, 11) is 4.46. The molecule has 0 saturated carbocycles. The fourth-order valence-corrected chi connectivity index (χ4v) is 2.42. The molecule has 0 aromatic heterocycles. The number of rotatable bonds is 11. The maximum absolute atomic E-state index is 5.85. The van der Waals surface area contributed by atoms with Crippen LogP contribution in [0.15, 0.2) is 30.3 Å². The Bertz CT molecular complexity index is 335. The molecule has 2 nitrogen and oxygen atoms in total. The van der Waals surface area contributed by atoms with Crippen LogP contribution in [0, 0.1) is 0 Å². The van der Waals surface area contributed by atoms with Crippen LogP contribution in [0.3, 0.4) is 0 Å². The van der Waals surface area contributed by atoms with Crippen molar-refractivity contribution in [2.24, 2.45) is 0 Å². The van der Waals surface area contributed by atoms with Crippen LogP contribution in [0.5, 0.6) is 0 Å². The maximum atomic E-state index is 5.85. The second-order valence-electron chi connectivity index (χ2n) is 6.38. The molecular weight excluding hydrogens is 246 g/mol. The summed E-state index contributed by atoms with van der Waals surface area (Å²) in [4.78, 5) is 0. The summed E-state index contributed by atoms with van der Waals surface area (Å²) in [5.74, 6) is 0. The summed E-state index contributed by atoms with van der Waals surface area (Å²) in [5, 5.41) is 0. The first-order chi connectivity index (χ1) is 9.64. The Morgan fingerprint density at radius 2 is 1.55 bits per heavy atom. The molecular formula is C18H32NO+. The van der Waals surface area contributed by atoms with Crippen molar-refractivity contribution < 1.29 is 9.22 Å². The number of quaternary nitrogens is 1. The van der Waals surface area contributed by atoms with Gasteiger partial charge in [-0.1, -0.05) is 69.4 Å². The smallest absolute Gasteiger partial charge is 0.182 e. The topological polar surface area (TPSA) is 9.23 Å². The van der Waals surface area contributed by atoms with Gasteiger partial charge in [-0.2, -0.15) is 0 Å². The van der Waals surface area contributed by atoms with Gasteiger partial charge in [0, 0.05) is 5.56 Å². The van der Waals surface area contributed by atoms with Gasteiger partial charge in [0.15, 0.2) is 6.73 Å². The van der Waals surface area contributed by atoms with E-state index in [1.165, 1.54) is 44.1 Å². The van der Waals surface area contributed by atoms with Crippen LogP contribution in [0.4, 0.5) is 0 Å². The minimum absolute atomic E-state index is 0.795. The zero-order chi connectivity index (χ0) is 14.7. The van der Waals surface area contributed by atoms with Crippen molar-refractivity contribution in [3.05, 3.63) is 35.9 Å². The average Bonchev–Trinajstić information content (AvgIpc) is 2.42. The lowest BCUT2D eigenvalue weighted by molar-refractivity contribution is -0.922. The summed E-state index contributed by atoms with van der Waals surface area (Å²) < 4.78 is 6.74. The van der Waals surface area contributed by atoms with Crippen molar-refractivity contribution in [3.8, 4) is 0 Å². The lowest BCUT2D eigenvalue weighted by Crippen LogP contribution is -2.40. The van der Waals surface area contributed by atoms with Gasteiger partial charge in [-0.25, -0.2) is 0 Å². The highest BCUT2D eigenvalue weighted by Crippen LogP contribution is 2.10. The van der Waals surface area contributed by atoms with Crippen molar-refractivity contribution in [3.63, 3.8) is 0 Å². The molecule has 0 spiro atoms. The van der Waals surface area contributed by atoms with E-state index < -0.39 is 0 Å². The number of hydrogen-bond acceptors (Lipinski definition) is 1. The summed E-state index contributed by atoms with van der Waals surface area (Å²) in [6, 6.07) is 10.7. The quantitative estimate of drug-likeness (QED) is 0.326. The molecule has 0 amide bonds. The Morgan fingerprint density at radius 1 is 0.900 bits per heavy atom. The van der Waals surface area contributed by atoms with E-state index in [1.54, 1.807) is 0 Å². The second kappa shape index (κ2) is 9.95. The third-order valence-electron chi connectivity index (χ3n) is 3.54. The Kier molecular flexibility index (Phi) is 8.56. The van der Waals surface area contributed by atoms with Crippen LogP contribution >= 0.6 is 0 Å². The SMILES string of the molecule is CCCCCCCCOC[N+](C)(C)Cc1ccccc1. The fraction of sp³-hybridized carbons (Fsp3) is 0.667. The van der Waals surface area contributed by atoms with Crippen molar-refractivity contribution in [2.45, 2.75) is 52.0 Å². The predicted molar refractivity (Wildman–Crippen MR) is 86.4 cm³/mol. The average molecular weight is 278 g/mol. The summed E-state index contributed by atoms with van der Waals surface area (Å²) in [6.07, 6.45) is 7.95. The van der Waals surface area contributed by atoms with E-state index in [4.69, 9.17) is 4.74 Å². The van der Waals surface area contributed by atoms with E-state index in [-0.39, 0.29) is 0 Å². The number of ether oxygens (including phenoxy) is 1. The third kappa shape index (κ3) is 8.34. The lowest BCUT2D eigenvalue weighted by atomic mass is 10.1. The number of hydrogen-bond donors (Lipinski definition) is 0. The van der Waals surface area contributed by atoms with E-state index in [1.807, 2.05) is 0 Å². The van der Waals surface area contributed by atoms with E-state index >= 15 is 0 Å². The molecule has 0 aliphatic heterocycles. The highest BCUT2D eigenvalue weighted by molar-refractivity contribution is 5.13.